The van der Waals surface area contributed by atoms with E-state index in [1.54, 1.807) is 18.2 Å². The van der Waals surface area contributed by atoms with E-state index in [1.807, 2.05) is 72.2 Å². The van der Waals surface area contributed by atoms with Gasteiger partial charge >= 0.3 is 0 Å². The third-order valence-corrected chi connectivity index (χ3v) is 4.33. The summed E-state index contributed by atoms with van der Waals surface area (Å²) in [4.78, 5) is 17.2. The lowest BCUT2D eigenvalue weighted by Gasteiger charge is -2.12. The summed E-state index contributed by atoms with van der Waals surface area (Å²) in [6.45, 7) is 2.75. The number of aromatic nitrogens is 2. The predicted octanol–water partition coefficient (Wildman–Crippen LogP) is 4.56. The number of carbonyl (C=O) groups is 1. The Hall–Kier alpha value is -3.80. The van der Waals surface area contributed by atoms with E-state index < -0.39 is 0 Å². The molecule has 6 heteroatoms. The third-order valence-electron chi connectivity index (χ3n) is 4.33. The van der Waals surface area contributed by atoms with Crippen LogP contribution in [-0.4, -0.2) is 21.9 Å². The van der Waals surface area contributed by atoms with Gasteiger partial charge in [-0.1, -0.05) is 24.3 Å². The summed E-state index contributed by atoms with van der Waals surface area (Å²) in [5.74, 6) is 1.02. The Morgan fingerprint density at radius 3 is 2.76 bits per heavy atom. The topological polar surface area (TPSA) is 64.9 Å². The normalized spacial score (nSPS) is 10.7. The molecule has 4 aromatic rings. The monoisotopic (exact) mass is 387 g/mol. The van der Waals surface area contributed by atoms with Crippen LogP contribution in [0.3, 0.4) is 0 Å². The van der Waals surface area contributed by atoms with Crippen molar-refractivity contribution in [3.63, 3.8) is 0 Å². The molecule has 2 aromatic carbocycles. The van der Waals surface area contributed by atoms with Crippen LogP contribution in [0.15, 0.2) is 79.1 Å². The van der Waals surface area contributed by atoms with Gasteiger partial charge in [-0.15, -0.1) is 0 Å². The maximum absolute atomic E-state index is 12.7. The maximum atomic E-state index is 12.7. The molecule has 146 valence electrons. The van der Waals surface area contributed by atoms with Crippen LogP contribution < -0.4 is 14.8 Å². The highest BCUT2D eigenvalue weighted by Gasteiger charge is 2.11. The number of fused-ring (bicyclic) bond motifs is 1. The van der Waals surface area contributed by atoms with Crippen LogP contribution in [0.25, 0.3) is 5.65 Å². The number of anilines is 1. The van der Waals surface area contributed by atoms with Gasteiger partial charge in [0.1, 0.15) is 23.8 Å². The number of nitrogens with one attached hydrogen (secondary N) is 1. The van der Waals surface area contributed by atoms with Gasteiger partial charge in [0.15, 0.2) is 0 Å². The molecule has 0 fully saturated rings. The fourth-order valence-corrected chi connectivity index (χ4v) is 2.99. The molecule has 4 rings (SSSR count). The number of rotatable bonds is 7. The summed E-state index contributed by atoms with van der Waals surface area (Å²) < 4.78 is 13.3. The minimum Gasteiger partial charge on any atom is -0.492 e. The third kappa shape index (κ3) is 4.38. The molecule has 0 aliphatic heterocycles. The van der Waals surface area contributed by atoms with E-state index in [1.165, 1.54) is 0 Å². The molecule has 1 amide bonds. The number of carbonyl (C=O) groups excluding carboxylic acids is 1. The molecule has 1 N–H and O–H groups in total. The molecular formula is C23H21N3O3. The molecule has 0 unspecified atom stereocenters. The van der Waals surface area contributed by atoms with Gasteiger partial charge in [-0.25, -0.2) is 4.98 Å². The largest absolute Gasteiger partial charge is 0.492 e. The molecule has 2 aromatic heterocycles. The van der Waals surface area contributed by atoms with Crippen molar-refractivity contribution in [2.45, 2.75) is 13.5 Å². The SMILES string of the molecule is CCOc1ccccc1NC(=O)c1cccc(OCc2cn3ccccc3n2)c1. The number of para-hydroxylation sites is 2. The Bertz CT molecular complexity index is 1100. The fraction of sp³-hybridized carbons (Fsp3) is 0.130. The van der Waals surface area contributed by atoms with Crippen molar-refractivity contribution in [2.24, 2.45) is 0 Å². The lowest BCUT2D eigenvalue weighted by atomic mass is 10.2. The van der Waals surface area contributed by atoms with Crippen LogP contribution in [-0.2, 0) is 6.61 Å². The zero-order chi connectivity index (χ0) is 20.1. The van der Waals surface area contributed by atoms with E-state index in [-0.39, 0.29) is 5.91 Å². The first kappa shape index (κ1) is 18.6. The van der Waals surface area contributed by atoms with Crippen LogP contribution in [0.2, 0.25) is 0 Å². The highest BCUT2D eigenvalue weighted by molar-refractivity contribution is 6.05. The van der Waals surface area contributed by atoms with E-state index in [0.29, 0.717) is 36.0 Å². The summed E-state index contributed by atoms with van der Waals surface area (Å²) in [5, 5.41) is 2.90. The minimum atomic E-state index is -0.227. The van der Waals surface area contributed by atoms with Crippen molar-refractivity contribution >= 4 is 17.2 Å². The summed E-state index contributed by atoms with van der Waals surface area (Å²) >= 11 is 0. The Morgan fingerprint density at radius 1 is 1.03 bits per heavy atom. The molecule has 0 bridgehead atoms. The number of hydrogen-bond acceptors (Lipinski definition) is 4. The Morgan fingerprint density at radius 2 is 1.90 bits per heavy atom. The number of benzene rings is 2. The number of amides is 1. The molecule has 2 heterocycles. The van der Waals surface area contributed by atoms with Gasteiger partial charge in [0.2, 0.25) is 0 Å². The number of pyridine rings is 1. The van der Waals surface area contributed by atoms with Gasteiger partial charge in [0.05, 0.1) is 18.0 Å². The molecule has 29 heavy (non-hydrogen) atoms. The van der Waals surface area contributed by atoms with Crippen LogP contribution in [0.1, 0.15) is 23.0 Å². The van der Waals surface area contributed by atoms with Crippen molar-refractivity contribution in [3.8, 4) is 11.5 Å². The van der Waals surface area contributed by atoms with Crippen molar-refractivity contribution < 1.29 is 14.3 Å². The van der Waals surface area contributed by atoms with Gasteiger partial charge in [0.25, 0.3) is 5.91 Å². The summed E-state index contributed by atoms with van der Waals surface area (Å²) in [5.41, 5.74) is 2.82. The first-order chi connectivity index (χ1) is 14.2. The Balaban J connectivity index is 1.44. The van der Waals surface area contributed by atoms with Crippen molar-refractivity contribution in [3.05, 3.63) is 90.4 Å². The molecule has 0 aliphatic carbocycles. The van der Waals surface area contributed by atoms with E-state index >= 15 is 0 Å². The quantitative estimate of drug-likeness (QED) is 0.505. The second-order valence-electron chi connectivity index (χ2n) is 6.40. The second-order valence-corrected chi connectivity index (χ2v) is 6.40. The molecule has 0 spiro atoms. The summed E-state index contributed by atoms with van der Waals surface area (Å²) in [6, 6.07) is 20.3. The van der Waals surface area contributed by atoms with E-state index in [0.717, 1.165) is 11.3 Å². The van der Waals surface area contributed by atoms with Crippen molar-refractivity contribution in [1.29, 1.82) is 0 Å². The average molecular weight is 387 g/mol. The smallest absolute Gasteiger partial charge is 0.255 e. The number of imidazole rings is 1. The average Bonchev–Trinajstić information content (AvgIpc) is 3.17. The second kappa shape index (κ2) is 8.48. The zero-order valence-electron chi connectivity index (χ0n) is 16.0. The van der Waals surface area contributed by atoms with Crippen LogP contribution in [0.5, 0.6) is 11.5 Å². The Labute approximate surface area is 168 Å². The molecule has 0 atom stereocenters. The van der Waals surface area contributed by atoms with E-state index in [9.17, 15) is 4.79 Å². The molecule has 6 nitrogen and oxygen atoms in total. The predicted molar refractivity (Wildman–Crippen MR) is 112 cm³/mol. The van der Waals surface area contributed by atoms with Gasteiger partial charge in [0, 0.05) is 18.0 Å². The Kier molecular flexibility index (Phi) is 5.42. The van der Waals surface area contributed by atoms with Gasteiger partial charge in [-0.3, -0.25) is 4.79 Å². The van der Waals surface area contributed by atoms with Gasteiger partial charge in [-0.2, -0.15) is 0 Å². The highest BCUT2D eigenvalue weighted by Crippen LogP contribution is 2.25. The zero-order valence-corrected chi connectivity index (χ0v) is 16.0. The van der Waals surface area contributed by atoms with Crippen LogP contribution in [0.4, 0.5) is 5.69 Å². The van der Waals surface area contributed by atoms with Gasteiger partial charge in [-0.05, 0) is 49.4 Å². The lowest BCUT2D eigenvalue weighted by Crippen LogP contribution is -2.13. The summed E-state index contributed by atoms with van der Waals surface area (Å²) in [7, 11) is 0. The number of hydrogen-bond donors (Lipinski definition) is 1. The molecule has 0 saturated heterocycles. The van der Waals surface area contributed by atoms with Gasteiger partial charge < -0.3 is 19.2 Å². The number of ether oxygens (including phenoxy) is 2. The lowest BCUT2D eigenvalue weighted by molar-refractivity contribution is 0.102. The van der Waals surface area contributed by atoms with Crippen molar-refractivity contribution in [1.82, 2.24) is 9.38 Å². The molecular weight excluding hydrogens is 366 g/mol. The highest BCUT2D eigenvalue weighted by atomic mass is 16.5. The summed E-state index contributed by atoms with van der Waals surface area (Å²) in [6.07, 6.45) is 3.87. The maximum Gasteiger partial charge on any atom is 0.255 e. The fourth-order valence-electron chi connectivity index (χ4n) is 2.99. The first-order valence-corrected chi connectivity index (χ1v) is 9.41. The van der Waals surface area contributed by atoms with E-state index in [4.69, 9.17) is 9.47 Å². The van der Waals surface area contributed by atoms with Crippen LogP contribution in [0, 0.1) is 0 Å². The number of nitrogens with zero attached hydrogens (tertiary/aromatic N) is 2. The molecule has 0 aliphatic rings. The standard InChI is InChI=1S/C23H21N3O3/c1-2-28-21-11-4-3-10-20(21)25-23(27)17-8-7-9-19(14-17)29-16-18-15-26-13-6-5-12-22(26)24-18/h3-15H,2,16H2,1H3,(H,25,27). The van der Waals surface area contributed by atoms with Crippen molar-refractivity contribution in [2.75, 3.05) is 11.9 Å². The molecule has 0 radical (unpaired) electrons. The van der Waals surface area contributed by atoms with E-state index in [2.05, 4.69) is 10.3 Å². The van der Waals surface area contributed by atoms with Crippen LogP contribution >= 0.6 is 0 Å². The molecule has 0 saturated carbocycles. The first-order valence-electron chi connectivity index (χ1n) is 9.41. The minimum absolute atomic E-state index is 0.227.